The molecular weight excluding hydrogens is 384 g/mol. The molecule has 1 amide bonds. The first-order valence-corrected chi connectivity index (χ1v) is 12.0. The molecule has 3 heterocycles. The second kappa shape index (κ2) is 4.86. The van der Waals surface area contributed by atoms with Crippen LogP contribution in [0.15, 0.2) is 59.5 Å². The molecule has 1 unspecified atom stereocenters. The van der Waals surface area contributed by atoms with E-state index in [2.05, 4.69) is 11.0 Å². The Morgan fingerprint density at radius 1 is 0.966 bits per heavy atom. The summed E-state index contributed by atoms with van der Waals surface area (Å²) in [5.74, 6) is 0.444. The lowest BCUT2D eigenvalue weighted by Gasteiger charge is -2.49. The minimum atomic E-state index is -3.75. The molecule has 2 aromatic carbocycles. The fraction of sp³-hybridized carbons (Fsp3) is 0.435. The quantitative estimate of drug-likeness (QED) is 0.771. The molecular formula is C23H22N2O3S. The molecule has 2 saturated carbocycles. The summed E-state index contributed by atoms with van der Waals surface area (Å²) in [4.78, 5) is 15.9. The number of piperidine rings is 2. The Hall–Kier alpha value is -2.34. The van der Waals surface area contributed by atoms with Crippen molar-refractivity contribution in [3.05, 3.63) is 60.2 Å². The van der Waals surface area contributed by atoms with Crippen molar-refractivity contribution < 1.29 is 13.2 Å². The summed E-state index contributed by atoms with van der Waals surface area (Å²) in [6.07, 6.45) is 3.99. The molecule has 0 N–H and O–H groups in total. The van der Waals surface area contributed by atoms with Gasteiger partial charge in [0.15, 0.2) is 0 Å². The molecule has 148 valence electrons. The van der Waals surface area contributed by atoms with E-state index in [1.54, 1.807) is 28.6 Å². The molecule has 2 aromatic rings. The van der Waals surface area contributed by atoms with Gasteiger partial charge in [0.1, 0.15) is 0 Å². The van der Waals surface area contributed by atoms with Gasteiger partial charge in [-0.25, -0.2) is 8.42 Å². The lowest BCUT2D eigenvalue weighted by molar-refractivity contribution is -0.136. The number of nitrogens with zero attached hydrogens (tertiary/aromatic N) is 2. The molecule has 0 bridgehead atoms. The van der Waals surface area contributed by atoms with Gasteiger partial charge in [0.25, 0.3) is 10.0 Å². The molecule has 7 rings (SSSR count). The Morgan fingerprint density at radius 2 is 1.72 bits per heavy atom. The zero-order valence-electron chi connectivity index (χ0n) is 16.0. The summed E-state index contributed by atoms with van der Waals surface area (Å²) in [5.41, 5.74) is 0.897. The normalized spacial score (nSPS) is 38.5. The Bertz CT molecular complexity index is 1180. The fourth-order valence-corrected chi connectivity index (χ4v) is 9.63. The van der Waals surface area contributed by atoms with Gasteiger partial charge in [-0.05, 0) is 55.4 Å². The van der Waals surface area contributed by atoms with Crippen molar-refractivity contribution in [1.29, 1.82) is 0 Å². The third-order valence-corrected chi connectivity index (χ3v) is 10.3. The Labute approximate surface area is 170 Å². The lowest BCUT2D eigenvalue weighted by atomic mass is 9.69. The van der Waals surface area contributed by atoms with Crippen molar-refractivity contribution in [3.63, 3.8) is 0 Å². The Balaban J connectivity index is 1.51. The van der Waals surface area contributed by atoms with Gasteiger partial charge in [-0.2, -0.15) is 0 Å². The van der Waals surface area contributed by atoms with Crippen LogP contribution in [-0.2, 0) is 20.2 Å². The zero-order chi connectivity index (χ0) is 19.6. The smallest absolute Gasteiger partial charge is 0.264 e. The van der Waals surface area contributed by atoms with Gasteiger partial charge in [-0.1, -0.05) is 36.4 Å². The molecule has 2 aliphatic carbocycles. The molecule has 5 atom stereocenters. The number of rotatable bonds is 2. The van der Waals surface area contributed by atoms with Crippen LogP contribution in [0.5, 0.6) is 0 Å². The minimum absolute atomic E-state index is 0.152. The number of carbonyl (C=O) groups excluding carboxylic acids is 1. The summed E-state index contributed by atoms with van der Waals surface area (Å²) in [7, 11) is -3.75. The molecule has 2 saturated heterocycles. The molecule has 5 nitrogen and oxygen atoms in total. The van der Waals surface area contributed by atoms with E-state index in [-0.39, 0.29) is 23.3 Å². The van der Waals surface area contributed by atoms with Gasteiger partial charge in [-0.15, -0.1) is 0 Å². The number of hydrogen-bond acceptors (Lipinski definition) is 3. The molecule has 29 heavy (non-hydrogen) atoms. The van der Waals surface area contributed by atoms with Gasteiger partial charge in [-0.3, -0.25) is 9.10 Å². The fourth-order valence-electron chi connectivity index (χ4n) is 7.73. The number of benzene rings is 2. The monoisotopic (exact) mass is 406 g/mol. The van der Waals surface area contributed by atoms with E-state index in [1.165, 1.54) is 0 Å². The third-order valence-electron chi connectivity index (χ3n) is 8.43. The number of hydrogen-bond donors (Lipinski definition) is 0. The van der Waals surface area contributed by atoms with Crippen molar-refractivity contribution in [2.45, 2.75) is 47.6 Å². The predicted octanol–water partition coefficient (Wildman–Crippen LogP) is 2.92. The maximum atomic E-state index is 13.9. The first-order chi connectivity index (χ1) is 14.1. The summed E-state index contributed by atoms with van der Waals surface area (Å²) < 4.78 is 29.5. The average molecular weight is 407 g/mol. The molecule has 4 fully saturated rings. The molecule has 6 heteroatoms. The van der Waals surface area contributed by atoms with Crippen LogP contribution in [0.4, 0.5) is 5.69 Å². The van der Waals surface area contributed by atoms with Crippen LogP contribution in [0.1, 0.15) is 31.2 Å². The number of anilines is 1. The van der Waals surface area contributed by atoms with Crippen LogP contribution in [0, 0.1) is 11.8 Å². The number of carbonyl (C=O) groups is 1. The number of fused-ring (bicyclic) bond motifs is 1. The molecule has 1 spiro atoms. The third kappa shape index (κ3) is 1.51. The summed E-state index contributed by atoms with van der Waals surface area (Å²) in [6.45, 7) is 0.821. The van der Waals surface area contributed by atoms with E-state index >= 15 is 0 Å². The Morgan fingerprint density at radius 3 is 2.55 bits per heavy atom. The predicted molar refractivity (Wildman–Crippen MR) is 108 cm³/mol. The summed E-state index contributed by atoms with van der Waals surface area (Å²) >= 11 is 0. The van der Waals surface area contributed by atoms with Crippen molar-refractivity contribution in [2.75, 3.05) is 10.8 Å². The average Bonchev–Trinajstić information content (AvgIpc) is 3.14. The van der Waals surface area contributed by atoms with E-state index in [9.17, 15) is 13.2 Å². The van der Waals surface area contributed by atoms with Crippen LogP contribution in [0.3, 0.4) is 0 Å². The second-order valence-corrected chi connectivity index (χ2v) is 11.0. The molecule has 5 aliphatic rings. The minimum Gasteiger partial charge on any atom is -0.338 e. The van der Waals surface area contributed by atoms with Crippen molar-refractivity contribution >= 4 is 21.6 Å². The highest BCUT2D eigenvalue weighted by molar-refractivity contribution is 7.93. The maximum Gasteiger partial charge on any atom is 0.264 e. The highest BCUT2D eigenvalue weighted by Gasteiger charge is 2.95. The number of amides is 1. The van der Waals surface area contributed by atoms with Crippen molar-refractivity contribution in [3.8, 4) is 0 Å². The SMILES string of the molecule is O=C1C2[C@]34c5ccccc5N(S(=O)(=O)c5ccccc5)[C@@]23CC[C@@H]2CCCN1[C@@H]24. The molecule has 3 aliphatic heterocycles. The van der Waals surface area contributed by atoms with Gasteiger partial charge >= 0.3 is 0 Å². The number of sulfonamides is 1. The van der Waals surface area contributed by atoms with Gasteiger partial charge in [0, 0.05) is 12.6 Å². The van der Waals surface area contributed by atoms with Gasteiger partial charge < -0.3 is 4.90 Å². The standard InChI is InChI=1S/C23H22N2O3S/c26-21-19-22-13-12-15-7-6-14-24(21)20(15)23(19,22)17-10-4-5-11-18(17)25(22)29(27,28)16-8-2-1-3-9-16/h1-5,8-11,15,19-20H,6-7,12-14H2/t15-,19?,20-,22-,23-/m0/s1. The summed E-state index contributed by atoms with van der Waals surface area (Å²) in [5, 5.41) is 0. The van der Waals surface area contributed by atoms with E-state index in [0.717, 1.165) is 43.5 Å². The van der Waals surface area contributed by atoms with Crippen LogP contribution < -0.4 is 4.31 Å². The van der Waals surface area contributed by atoms with Gasteiger partial charge in [0.05, 0.1) is 27.5 Å². The molecule has 0 aromatic heterocycles. The van der Waals surface area contributed by atoms with E-state index in [1.807, 2.05) is 24.3 Å². The lowest BCUT2D eigenvalue weighted by Crippen LogP contribution is -2.60. The van der Waals surface area contributed by atoms with E-state index < -0.39 is 15.6 Å². The van der Waals surface area contributed by atoms with Gasteiger partial charge in [0.2, 0.25) is 5.91 Å². The second-order valence-electron chi connectivity index (χ2n) is 9.24. The Kier molecular flexibility index (Phi) is 2.76. The first-order valence-electron chi connectivity index (χ1n) is 10.6. The van der Waals surface area contributed by atoms with Crippen molar-refractivity contribution in [2.24, 2.45) is 11.8 Å². The highest BCUT2D eigenvalue weighted by atomic mass is 32.2. The topological polar surface area (TPSA) is 57.7 Å². The van der Waals surface area contributed by atoms with Crippen LogP contribution in [0.2, 0.25) is 0 Å². The summed E-state index contributed by atoms with van der Waals surface area (Å²) in [6, 6.07) is 16.8. The van der Waals surface area contributed by atoms with Crippen LogP contribution in [0.25, 0.3) is 0 Å². The zero-order valence-corrected chi connectivity index (χ0v) is 16.8. The molecule has 0 radical (unpaired) electrons. The van der Waals surface area contributed by atoms with Crippen molar-refractivity contribution in [1.82, 2.24) is 4.90 Å². The number of para-hydroxylation sites is 1. The maximum absolute atomic E-state index is 13.9. The highest BCUT2D eigenvalue weighted by Crippen LogP contribution is 2.83. The van der Waals surface area contributed by atoms with Crippen LogP contribution >= 0.6 is 0 Å². The van der Waals surface area contributed by atoms with Crippen LogP contribution in [-0.4, -0.2) is 37.4 Å². The first kappa shape index (κ1) is 16.5. The largest absolute Gasteiger partial charge is 0.338 e. The van der Waals surface area contributed by atoms with E-state index in [0.29, 0.717) is 10.8 Å². The van der Waals surface area contributed by atoms with E-state index in [4.69, 9.17) is 0 Å².